The molecule has 0 bridgehead atoms. The molecule has 1 N–H and O–H groups in total. The van der Waals surface area contributed by atoms with E-state index in [0.29, 0.717) is 30.1 Å². The molecule has 2 aromatic carbocycles. The fourth-order valence-corrected chi connectivity index (χ4v) is 4.92. The van der Waals surface area contributed by atoms with Gasteiger partial charge in [-0.1, -0.05) is 24.6 Å². The van der Waals surface area contributed by atoms with Crippen LogP contribution < -0.4 is 10.1 Å². The number of rotatable bonds is 7. The molecule has 2 fully saturated rings. The van der Waals surface area contributed by atoms with E-state index in [1.54, 1.807) is 35.4 Å². The highest BCUT2D eigenvalue weighted by molar-refractivity contribution is 6.04. The van der Waals surface area contributed by atoms with Gasteiger partial charge in [-0.05, 0) is 80.0 Å². The number of benzene rings is 2. The maximum absolute atomic E-state index is 12.7. The lowest BCUT2D eigenvalue weighted by atomic mass is 10.1. The first-order chi connectivity index (χ1) is 18.6. The number of carbonyl (C=O) groups excluding carboxylic acids is 2. The summed E-state index contributed by atoms with van der Waals surface area (Å²) >= 11 is 0. The van der Waals surface area contributed by atoms with Gasteiger partial charge < -0.3 is 15.0 Å². The monoisotopic (exact) mass is 513 g/mol. The van der Waals surface area contributed by atoms with Crippen molar-refractivity contribution in [1.82, 2.24) is 19.7 Å². The number of nitrogens with one attached hydrogen (secondary N) is 1. The van der Waals surface area contributed by atoms with E-state index in [2.05, 4.69) is 20.1 Å². The molecule has 0 aliphatic carbocycles. The van der Waals surface area contributed by atoms with E-state index in [0.717, 1.165) is 45.0 Å². The van der Waals surface area contributed by atoms with Gasteiger partial charge in [0.2, 0.25) is 0 Å². The van der Waals surface area contributed by atoms with Crippen molar-refractivity contribution in [2.45, 2.75) is 32.4 Å². The molecule has 2 aliphatic heterocycles. The average Bonchev–Trinajstić information content (AvgIpc) is 2.96. The second kappa shape index (κ2) is 12.7. The van der Waals surface area contributed by atoms with Crippen LogP contribution in [0.3, 0.4) is 0 Å². The van der Waals surface area contributed by atoms with Crippen LogP contribution in [0.4, 0.5) is 10.5 Å². The predicted octanol–water partition coefficient (Wildman–Crippen LogP) is 4.64. The van der Waals surface area contributed by atoms with Crippen LogP contribution in [0, 0.1) is 0 Å². The van der Waals surface area contributed by atoms with Gasteiger partial charge >= 0.3 is 6.09 Å². The highest BCUT2D eigenvalue weighted by Gasteiger charge is 2.23. The predicted molar refractivity (Wildman–Crippen MR) is 147 cm³/mol. The molecule has 1 aromatic heterocycles. The normalized spacial score (nSPS) is 16.7. The van der Waals surface area contributed by atoms with Gasteiger partial charge in [-0.25, -0.2) is 4.79 Å². The minimum atomic E-state index is -0.357. The molecule has 5 rings (SSSR count). The molecule has 198 valence electrons. The summed E-state index contributed by atoms with van der Waals surface area (Å²) < 4.78 is 5.57. The van der Waals surface area contributed by atoms with Crippen molar-refractivity contribution in [2.75, 3.05) is 44.6 Å². The molecule has 0 atom stereocenters. The lowest BCUT2D eigenvalue weighted by molar-refractivity contribution is 0.102. The number of hydrogen-bond acceptors (Lipinski definition) is 6. The number of anilines is 1. The van der Waals surface area contributed by atoms with E-state index in [9.17, 15) is 9.59 Å². The average molecular weight is 514 g/mol. The Balaban J connectivity index is 1.06. The van der Waals surface area contributed by atoms with Crippen molar-refractivity contribution in [3.8, 4) is 5.75 Å². The number of aromatic nitrogens is 1. The lowest BCUT2D eigenvalue weighted by Gasteiger charge is -2.33. The summed E-state index contributed by atoms with van der Waals surface area (Å²) in [5.74, 6) is 0.286. The number of hydrogen-bond donors (Lipinski definition) is 1. The van der Waals surface area contributed by atoms with E-state index in [1.807, 2.05) is 42.5 Å². The van der Waals surface area contributed by atoms with Crippen LogP contribution in [0.1, 0.15) is 40.9 Å². The smallest absolute Gasteiger partial charge is 0.410 e. The second-order valence-electron chi connectivity index (χ2n) is 9.96. The molecule has 0 saturated carbocycles. The Kier molecular flexibility index (Phi) is 8.63. The Morgan fingerprint density at radius 3 is 2.16 bits per heavy atom. The van der Waals surface area contributed by atoms with Crippen molar-refractivity contribution in [3.63, 3.8) is 0 Å². The molecule has 2 amide bonds. The summed E-state index contributed by atoms with van der Waals surface area (Å²) in [6.07, 6.45) is 5.30. The quantitative estimate of drug-likeness (QED) is 0.496. The molecule has 0 spiro atoms. The number of likely N-dealkylation sites (tertiary alicyclic amines) is 1. The number of pyridine rings is 1. The van der Waals surface area contributed by atoms with Gasteiger partial charge in [0.1, 0.15) is 5.75 Å². The van der Waals surface area contributed by atoms with Crippen LogP contribution in [0.2, 0.25) is 0 Å². The van der Waals surface area contributed by atoms with E-state index < -0.39 is 0 Å². The molecule has 2 aliphatic rings. The standard InChI is InChI=1S/C30H35N5O3/c36-29(25-9-7-24(8-10-25)22-33-16-4-1-5-17-33)32-26-11-13-28(14-12-26)38-30(37)35-20-18-34(19-21-35)23-27-6-2-3-15-31-27/h2-3,6-15H,1,4-5,16-23H2,(H,32,36). The third-order valence-electron chi connectivity index (χ3n) is 7.13. The number of carbonyl (C=O) groups is 2. The zero-order valence-corrected chi connectivity index (χ0v) is 21.7. The van der Waals surface area contributed by atoms with Crippen LogP contribution in [-0.4, -0.2) is 71.0 Å². The van der Waals surface area contributed by atoms with E-state index >= 15 is 0 Å². The van der Waals surface area contributed by atoms with Gasteiger partial charge in [-0.3, -0.25) is 19.6 Å². The first kappa shape index (κ1) is 25.9. The Hall–Kier alpha value is -3.75. The third-order valence-corrected chi connectivity index (χ3v) is 7.13. The summed E-state index contributed by atoms with van der Waals surface area (Å²) in [6, 6.07) is 20.6. The molecule has 38 heavy (non-hydrogen) atoms. The molecule has 3 aromatic rings. The van der Waals surface area contributed by atoms with Crippen molar-refractivity contribution >= 4 is 17.7 Å². The van der Waals surface area contributed by atoms with Crippen LogP contribution in [0.15, 0.2) is 72.9 Å². The number of nitrogens with zero attached hydrogens (tertiary/aromatic N) is 4. The van der Waals surface area contributed by atoms with Crippen LogP contribution in [0.25, 0.3) is 0 Å². The van der Waals surface area contributed by atoms with Gasteiger partial charge in [0, 0.05) is 56.7 Å². The van der Waals surface area contributed by atoms with Crippen LogP contribution in [-0.2, 0) is 13.1 Å². The zero-order valence-electron chi connectivity index (χ0n) is 21.7. The van der Waals surface area contributed by atoms with Crippen LogP contribution >= 0.6 is 0 Å². The third kappa shape index (κ3) is 7.18. The van der Waals surface area contributed by atoms with Crippen molar-refractivity contribution in [3.05, 3.63) is 89.7 Å². The summed E-state index contributed by atoms with van der Waals surface area (Å²) in [6.45, 7) is 6.77. The minimum Gasteiger partial charge on any atom is -0.410 e. The van der Waals surface area contributed by atoms with E-state index in [-0.39, 0.29) is 12.0 Å². The fraction of sp³-hybridized carbons (Fsp3) is 0.367. The van der Waals surface area contributed by atoms with E-state index in [1.165, 1.54) is 24.8 Å². The summed E-state index contributed by atoms with van der Waals surface area (Å²) in [7, 11) is 0. The van der Waals surface area contributed by atoms with Gasteiger partial charge in [0.05, 0.1) is 5.69 Å². The Bertz CT molecular complexity index is 1190. The highest BCUT2D eigenvalue weighted by Crippen LogP contribution is 2.19. The molecule has 0 radical (unpaired) electrons. The summed E-state index contributed by atoms with van der Waals surface area (Å²) in [4.78, 5) is 36.2. The first-order valence-electron chi connectivity index (χ1n) is 13.4. The molecular formula is C30H35N5O3. The van der Waals surface area contributed by atoms with Crippen molar-refractivity contribution in [2.24, 2.45) is 0 Å². The molecule has 8 heteroatoms. The van der Waals surface area contributed by atoms with Gasteiger partial charge in [0.15, 0.2) is 0 Å². The molecule has 3 heterocycles. The summed E-state index contributed by atoms with van der Waals surface area (Å²) in [5.41, 5.74) is 3.52. The number of piperidine rings is 1. The fourth-order valence-electron chi connectivity index (χ4n) is 4.92. The van der Waals surface area contributed by atoms with Gasteiger partial charge in [-0.15, -0.1) is 0 Å². The molecule has 0 unspecified atom stereocenters. The lowest BCUT2D eigenvalue weighted by Crippen LogP contribution is -2.49. The number of piperazine rings is 1. The Morgan fingerprint density at radius 1 is 0.763 bits per heavy atom. The largest absolute Gasteiger partial charge is 0.415 e. The molecule has 8 nitrogen and oxygen atoms in total. The second-order valence-corrected chi connectivity index (χ2v) is 9.96. The SMILES string of the molecule is O=C(Nc1ccc(OC(=O)N2CCN(Cc3ccccn3)CC2)cc1)c1ccc(CN2CCCCC2)cc1. The topological polar surface area (TPSA) is 78.0 Å². The molecular weight excluding hydrogens is 478 g/mol. The first-order valence-corrected chi connectivity index (χ1v) is 13.4. The Labute approximate surface area is 224 Å². The maximum Gasteiger partial charge on any atom is 0.415 e. The summed E-state index contributed by atoms with van der Waals surface area (Å²) in [5, 5.41) is 2.92. The van der Waals surface area contributed by atoms with Crippen molar-refractivity contribution in [1.29, 1.82) is 0 Å². The van der Waals surface area contributed by atoms with Gasteiger partial charge in [-0.2, -0.15) is 0 Å². The number of amides is 2. The minimum absolute atomic E-state index is 0.164. The van der Waals surface area contributed by atoms with Crippen molar-refractivity contribution < 1.29 is 14.3 Å². The van der Waals surface area contributed by atoms with Gasteiger partial charge in [0.25, 0.3) is 5.91 Å². The highest BCUT2D eigenvalue weighted by atomic mass is 16.6. The Morgan fingerprint density at radius 2 is 1.47 bits per heavy atom. The zero-order chi connectivity index (χ0) is 26.2. The van der Waals surface area contributed by atoms with Crippen LogP contribution in [0.5, 0.6) is 5.75 Å². The molecule has 2 saturated heterocycles. The maximum atomic E-state index is 12.7. The number of ether oxygens (including phenoxy) is 1. The van der Waals surface area contributed by atoms with E-state index in [4.69, 9.17) is 4.74 Å².